The van der Waals surface area contributed by atoms with E-state index in [9.17, 15) is 0 Å². The minimum Gasteiger partial charge on any atom is -0.301 e. The van der Waals surface area contributed by atoms with Gasteiger partial charge in [0.05, 0.1) is 8.07 Å². The summed E-state index contributed by atoms with van der Waals surface area (Å²) in [5.74, 6) is 0. The topological polar surface area (TPSA) is 12.4 Å². The molecule has 0 rings (SSSR count). The summed E-state index contributed by atoms with van der Waals surface area (Å²) in [4.78, 5) is 4.08. The molecule has 0 bridgehead atoms. The molecule has 0 atom stereocenters. The summed E-state index contributed by atoms with van der Waals surface area (Å²) in [6, 6.07) is 0. The summed E-state index contributed by atoms with van der Waals surface area (Å²) in [6.07, 6.45) is 2.08. The number of hydrogen-bond acceptors (Lipinski definition) is 1. The molecule has 0 aromatic carbocycles. The molecule has 10 heavy (non-hydrogen) atoms. The zero-order valence-corrected chi connectivity index (χ0v) is 9.02. The Hall–Kier alpha value is -0.113. The third-order valence-electron chi connectivity index (χ3n) is 2.38. The highest BCUT2D eigenvalue weighted by molar-refractivity contribution is 6.81. The van der Waals surface area contributed by atoms with E-state index in [4.69, 9.17) is 0 Å². The largest absolute Gasteiger partial charge is 0.301 e. The van der Waals surface area contributed by atoms with Gasteiger partial charge in [0.2, 0.25) is 0 Å². The molecule has 0 aliphatic carbocycles. The van der Waals surface area contributed by atoms with Crippen LogP contribution in [-0.4, -0.2) is 21.3 Å². The fourth-order valence-corrected chi connectivity index (χ4v) is 1.03. The minimum absolute atomic E-state index is 0.335. The molecule has 0 radical (unpaired) electrons. The van der Waals surface area contributed by atoms with Crippen LogP contribution in [0.3, 0.4) is 0 Å². The van der Waals surface area contributed by atoms with Gasteiger partial charge >= 0.3 is 0 Å². The molecular weight excluding hydrogens is 138 g/mol. The van der Waals surface area contributed by atoms with Gasteiger partial charge in [-0.05, 0) is 5.04 Å². The summed E-state index contributed by atoms with van der Waals surface area (Å²) in [5.41, 5.74) is 0. The van der Waals surface area contributed by atoms with Gasteiger partial charge in [-0.15, -0.1) is 0 Å². The summed E-state index contributed by atoms with van der Waals surface area (Å²) >= 11 is 0. The van der Waals surface area contributed by atoms with Gasteiger partial charge in [-0.2, -0.15) is 0 Å². The van der Waals surface area contributed by atoms with Crippen LogP contribution >= 0.6 is 0 Å². The first-order valence-corrected chi connectivity index (χ1v) is 7.24. The smallest absolute Gasteiger partial charge is 0.0561 e. The van der Waals surface area contributed by atoms with Gasteiger partial charge in [0.15, 0.2) is 0 Å². The predicted octanol–water partition coefficient (Wildman–Crippen LogP) is 2.81. The van der Waals surface area contributed by atoms with Crippen molar-refractivity contribution in [2.24, 2.45) is 4.99 Å². The summed E-state index contributed by atoms with van der Waals surface area (Å²) in [7, 11) is 0.794. The van der Waals surface area contributed by atoms with E-state index in [2.05, 4.69) is 44.7 Å². The maximum Gasteiger partial charge on any atom is 0.0561 e. The van der Waals surface area contributed by atoms with E-state index in [-0.39, 0.29) is 0 Å². The Bertz CT molecular complexity index is 131. The molecule has 0 saturated heterocycles. The van der Waals surface area contributed by atoms with Gasteiger partial charge in [0.25, 0.3) is 0 Å². The van der Waals surface area contributed by atoms with E-state index >= 15 is 0 Å². The minimum atomic E-state index is -1.06. The molecule has 0 spiro atoms. The molecule has 0 N–H and O–H groups in total. The van der Waals surface area contributed by atoms with Crippen LogP contribution in [0.2, 0.25) is 24.7 Å². The molecule has 0 aliphatic rings. The van der Waals surface area contributed by atoms with Crippen LogP contribution in [0, 0.1) is 0 Å². The second-order valence-corrected chi connectivity index (χ2v) is 10.1. The standard InChI is InChI=1S/C8H19NSi/c1-8(2,7-9-3)10(4,5)6/h7H,1-6H3. The van der Waals surface area contributed by atoms with E-state index in [1.807, 2.05) is 7.05 Å². The second-order valence-electron chi connectivity index (χ2n) is 4.36. The lowest BCUT2D eigenvalue weighted by Gasteiger charge is -2.33. The first-order valence-electron chi connectivity index (χ1n) is 3.74. The monoisotopic (exact) mass is 157 g/mol. The lowest BCUT2D eigenvalue weighted by atomic mass is 10.2. The van der Waals surface area contributed by atoms with Crippen molar-refractivity contribution < 1.29 is 0 Å². The Labute approximate surface area is 65.6 Å². The van der Waals surface area contributed by atoms with Gasteiger partial charge in [-0.25, -0.2) is 0 Å². The maximum atomic E-state index is 4.08. The average Bonchev–Trinajstić information content (AvgIpc) is 1.61. The van der Waals surface area contributed by atoms with Crippen LogP contribution in [0.25, 0.3) is 0 Å². The predicted molar refractivity (Wildman–Crippen MR) is 51.8 cm³/mol. The van der Waals surface area contributed by atoms with Crippen molar-refractivity contribution in [2.45, 2.75) is 38.5 Å². The Morgan fingerprint density at radius 1 is 1.20 bits per heavy atom. The van der Waals surface area contributed by atoms with Crippen LogP contribution in [-0.2, 0) is 0 Å². The fourth-order valence-electron chi connectivity index (χ4n) is 0.516. The van der Waals surface area contributed by atoms with Gasteiger partial charge in [0, 0.05) is 13.3 Å². The van der Waals surface area contributed by atoms with Crippen molar-refractivity contribution in [1.82, 2.24) is 0 Å². The van der Waals surface area contributed by atoms with Crippen LogP contribution in [0.4, 0.5) is 0 Å². The average molecular weight is 157 g/mol. The van der Waals surface area contributed by atoms with Crippen molar-refractivity contribution in [1.29, 1.82) is 0 Å². The van der Waals surface area contributed by atoms with Crippen LogP contribution in [0.1, 0.15) is 13.8 Å². The molecule has 0 unspecified atom stereocenters. The van der Waals surface area contributed by atoms with Crippen molar-refractivity contribution in [2.75, 3.05) is 7.05 Å². The van der Waals surface area contributed by atoms with E-state index in [0.29, 0.717) is 5.04 Å². The van der Waals surface area contributed by atoms with E-state index < -0.39 is 8.07 Å². The summed E-state index contributed by atoms with van der Waals surface area (Å²) in [5, 5.41) is 0.335. The van der Waals surface area contributed by atoms with Crippen LogP contribution in [0.5, 0.6) is 0 Å². The Morgan fingerprint density at radius 2 is 1.60 bits per heavy atom. The Kier molecular flexibility index (Phi) is 2.83. The van der Waals surface area contributed by atoms with Crippen molar-refractivity contribution in [3.63, 3.8) is 0 Å². The second kappa shape index (κ2) is 2.87. The number of hydrogen-bond donors (Lipinski definition) is 0. The first kappa shape index (κ1) is 9.89. The quantitative estimate of drug-likeness (QED) is 0.432. The number of aliphatic imine (C=N–C) groups is 1. The molecule has 0 aliphatic heterocycles. The van der Waals surface area contributed by atoms with Gasteiger partial charge in [0.1, 0.15) is 0 Å². The zero-order valence-electron chi connectivity index (χ0n) is 8.02. The van der Waals surface area contributed by atoms with Crippen molar-refractivity contribution in [3.05, 3.63) is 0 Å². The lowest BCUT2D eigenvalue weighted by molar-refractivity contribution is 0.879. The molecule has 2 heteroatoms. The Balaban J connectivity index is 4.40. The molecule has 0 aromatic rings. The van der Waals surface area contributed by atoms with E-state index in [1.165, 1.54) is 0 Å². The molecule has 0 amide bonds. The third kappa shape index (κ3) is 2.25. The fraction of sp³-hybridized carbons (Fsp3) is 0.875. The third-order valence-corrected chi connectivity index (χ3v) is 6.38. The molecule has 1 nitrogen and oxygen atoms in total. The normalized spacial score (nSPS) is 14.6. The van der Waals surface area contributed by atoms with Crippen molar-refractivity contribution >= 4 is 14.3 Å². The van der Waals surface area contributed by atoms with Gasteiger partial charge in [-0.1, -0.05) is 33.5 Å². The highest BCUT2D eigenvalue weighted by Crippen LogP contribution is 2.34. The molecule has 0 aromatic heterocycles. The van der Waals surface area contributed by atoms with E-state index in [1.54, 1.807) is 0 Å². The first-order chi connectivity index (χ1) is 4.31. The SMILES string of the molecule is CN=CC(C)(C)[Si](C)(C)C. The highest BCUT2D eigenvalue weighted by atomic mass is 28.3. The van der Waals surface area contributed by atoms with Crippen LogP contribution < -0.4 is 0 Å². The van der Waals surface area contributed by atoms with Gasteiger partial charge < -0.3 is 4.99 Å². The number of nitrogens with zero attached hydrogens (tertiary/aromatic N) is 1. The molecule has 60 valence electrons. The van der Waals surface area contributed by atoms with E-state index in [0.717, 1.165) is 0 Å². The summed E-state index contributed by atoms with van der Waals surface area (Å²) < 4.78 is 0. The lowest BCUT2D eigenvalue weighted by Crippen LogP contribution is -2.36. The van der Waals surface area contributed by atoms with Crippen LogP contribution in [0.15, 0.2) is 4.99 Å². The highest BCUT2D eigenvalue weighted by Gasteiger charge is 2.32. The Morgan fingerprint density at radius 3 is 1.70 bits per heavy atom. The van der Waals surface area contributed by atoms with Crippen molar-refractivity contribution in [3.8, 4) is 0 Å². The zero-order chi connectivity index (χ0) is 8.41. The van der Waals surface area contributed by atoms with Gasteiger partial charge in [-0.3, -0.25) is 0 Å². The molecule has 0 fully saturated rings. The molecular formula is C8H19NSi. The molecule has 0 heterocycles. The maximum absolute atomic E-state index is 4.08. The molecule has 0 saturated carbocycles. The number of rotatable bonds is 2. The summed E-state index contributed by atoms with van der Waals surface area (Å²) in [6.45, 7) is 11.6.